The third-order valence-corrected chi connectivity index (χ3v) is 2.41. The van der Waals surface area contributed by atoms with Gasteiger partial charge in [0.15, 0.2) is 5.82 Å². The summed E-state index contributed by atoms with van der Waals surface area (Å²) in [5.74, 6) is 2.99. The van der Waals surface area contributed by atoms with E-state index in [1.54, 1.807) is 12.1 Å². The van der Waals surface area contributed by atoms with Gasteiger partial charge >= 0.3 is 0 Å². The SMILES string of the molecule is C#CCC(N)c1nc(Cc2ccc(F)cc2)no1. The minimum atomic E-state index is -0.440. The Balaban J connectivity index is 2.07. The van der Waals surface area contributed by atoms with Crippen LogP contribution in [-0.4, -0.2) is 10.1 Å². The molecule has 1 heterocycles. The molecular formula is C13H12FN3O. The van der Waals surface area contributed by atoms with Gasteiger partial charge < -0.3 is 10.3 Å². The minimum Gasteiger partial charge on any atom is -0.338 e. The highest BCUT2D eigenvalue weighted by molar-refractivity contribution is 5.19. The summed E-state index contributed by atoms with van der Waals surface area (Å²) in [6.07, 6.45) is 5.97. The van der Waals surface area contributed by atoms with Crippen LogP contribution in [0.4, 0.5) is 4.39 Å². The van der Waals surface area contributed by atoms with Crippen molar-refractivity contribution in [3.63, 3.8) is 0 Å². The fourth-order valence-corrected chi connectivity index (χ4v) is 1.49. The molecule has 0 aliphatic rings. The molecular weight excluding hydrogens is 233 g/mol. The topological polar surface area (TPSA) is 64.9 Å². The van der Waals surface area contributed by atoms with Crippen molar-refractivity contribution in [3.8, 4) is 12.3 Å². The highest BCUT2D eigenvalue weighted by atomic mass is 19.1. The number of halogens is 1. The van der Waals surface area contributed by atoms with Gasteiger partial charge in [0.05, 0.1) is 6.04 Å². The lowest BCUT2D eigenvalue weighted by atomic mass is 10.1. The van der Waals surface area contributed by atoms with Crippen LogP contribution in [0.3, 0.4) is 0 Å². The molecule has 0 amide bonds. The van der Waals surface area contributed by atoms with Crippen molar-refractivity contribution in [1.29, 1.82) is 0 Å². The van der Waals surface area contributed by atoms with Crippen molar-refractivity contribution in [1.82, 2.24) is 10.1 Å². The van der Waals surface area contributed by atoms with E-state index in [-0.39, 0.29) is 5.82 Å². The number of nitrogens with two attached hydrogens (primary N) is 1. The number of terminal acetylenes is 1. The van der Waals surface area contributed by atoms with Crippen LogP contribution in [0.25, 0.3) is 0 Å². The molecule has 0 fully saturated rings. The van der Waals surface area contributed by atoms with E-state index in [0.717, 1.165) is 5.56 Å². The van der Waals surface area contributed by atoms with Gasteiger partial charge in [0, 0.05) is 12.8 Å². The Kier molecular flexibility index (Phi) is 3.70. The molecule has 1 atom stereocenters. The van der Waals surface area contributed by atoms with Gasteiger partial charge in [-0.15, -0.1) is 12.3 Å². The molecule has 0 bridgehead atoms. The fourth-order valence-electron chi connectivity index (χ4n) is 1.49. The molecule has 4 nitrogen and oxygen atoms in total. The summed E-state index contributed by atoms with van der Waals surface area (Å²) in [5, 5.41) is 3.81. The number of nitrogens with zero attached hydrogens (tertiary/aromatic N) is 2. The van der Waals surface area contributed by atoms with Crippen molar-refractivity contribution in [2.75, 3.05) is 0 Å². The van der Waals surface area contributed by atoms with Crippen molar-refractivity contribution in [2.24, 2.45) is 5.73 Å². The number of hydrogen-bond acceptors (Lipinski definition) is 4. The minimum absolute atomic E-state index is 0.274. The Morgan fingerprint density at radius 1 is 1.39 bits per heavy atom. The van der Waals surface area contributed by atoms with Crippen molar-refractivity contribution < 1.29 is 8.91 Å². The number of rotatable bonds is 4. The van der Waals surface area contributed by atoms with Crippen LogP contribution in [0.5, 0.6) is 0 Å². The molecule has 18 heavy (non-hydrogen) atoms. The Bertz CT molecular complexity index is 556. The summed E-state index contributed by atoms with van der Waals surface area (Å²) >= 11 is 0. The summed E-state index contributed by atoms with van der Waals surface area (Å²) in [5.41, 5.74) is 6.64. The number of benzene rings is 1. The lowest BCUT2D eigenvalue weighted by molar-refractivity contribution is 0.353. The zero-order chi connectivity index (χ0) is 13.0. The van der Waals surface area contributed by atoms with Crippen LogP contribution in [0.1, 0.15) is 29.7 Å². The highest BCUT2D eigenvalue weighted by Gasteiger charge is 2.13. The molecule has 2 rings (SSSR count). The van der Waals surface area contributed by atoms with Crippen LogP contribution in [0.2, 0.25) is 0 Å². The van der Waals surface area contributed by atoms with Crippen LogP contribution >= 0.6 is 0 Å². The first-order chi connectivity index (χ1) is 8.69. The van der Waals surface area contributed by atoms with Gasteiger partial charge in [-0.25, -0.2) is 4.39 Å². The number of aromatic nitrogens is 2. The van der Waals surface area contributed by atoms with Crippen molar-refractivity contribution in [3.05, 3.63) is 47.4 Å². The summed E-state index contributed by atoms with van der Waals surface area (Å²) in [4.78, 5) is 4.15. The molecule has 1 aromatic carbocycles. The molecule has 92 valence electrons. The molecule has 0 radical (unpaired) electrons. The van der Waals surface area contributed by atoms with E-state index < -0.39 is 6.04 Å². The predicted octanol–water partition coefficient (Wildman–Crippen LogP) is 1.82. The van der Waals surface area contributed by atoms with E-state index in [4.69, 9.17) is 16.7 Å². The molecule has 1 unspecified atom stereocenters. The Hall–Kier alpha value is -2.19. The lowest BCUT2D eigenvalue weighted by Gasteiger charge is -1.99. The van der Waals surface area contributed by atoms with E-state index in [9.17, 15) is 4.39 Å². The van der Waals surface area contributed by atoms with E-state index in [2.05, 4.69) is 16.1 Å². The second-order valence-corrected chi connectivity index (χ2v) is 3.87. The Labute approximate surface area is 104 Å². The molecule has 5 heteroatoms. The zero-order valence-corrected chi connectivity index (χ0v) is 9.64. The molecule has 0 spiro atoms. The highest BCUT2D eigenvalue weighted by Crippen LogP contribution is 2.13. The molecule has 2 N–H and O–H groups in total. The van der Waals surface area contributed by atoms with E-state index in [1.807, 2.05) is 0 Å². The first-order valence-electron chi connectivity index (χ1n) is 5.45. The third-order valence-electron chi connectivity index (χ3n) is 2.41. The quantitative estimate of drug-likeness (QED) is 0.834. The molecule has 0 saturated carbocycles. The van der Waals surface area contributed by atoms with E-state index in [1.165, 1.54) is 12.1 Å². The average molecular weight is 245 g/mol. The van der Waals surface area contributed by atoms with Crippen LogP contribution < -0.4 is 5.73 Å². The standard InChI is InChI=1S/C13H12FN3O/c1-2-3-11(15)13-16-12(17-18-13)8-9-4-6-10(14)7-5-9/h1,4-7,11H,3,8,15H2. The van der Waals surface area contributed by atoms with Gasteiger partial charge in [-0.05, 0) is 17.7 Å². The predicted molar refractivity (Wildman–Crippen MR) is 63.9 cm³/mol. The monoisotopic (exact) mass is 245 g/mol. The van der Waals surface area contributed by atoms with Crippen LogP contribution in [-0.2, 0) is 6.42 Å². The summed E-state index contributed by atoms with van der Waals surface area (Å²) in [6, 6.07) is 5.68. The van der Waals surface area contributed by atoms with Gasteiger partial charge in [-0.1, -0.05) is 17.3 Å². The second kappa shape index (κ2) is 5.43. The summed E-state index contributed by atoms with van der Waals surface area (Å²) in [7, 11) is 0. The molecule has 0 aliphatic carbocycles. The zero-order valence-electron chi connectivity index (χ0n) is 9.64. The average Bonchev–Trinajstić information content (AvgIpc) is 2.81. The van der Waals surface area contributed by atoms with Gasteiger partial charge in [0.1, 0.15) is 5.82 Å². The maximum atomic E-state index is 12.7. The summed E-state index contributed by atoms with van der Waals surface area (Å²) < 4.78 is 17.8. The first-order valence-corrected chi connectivity index (χ1v) is 5.45. The van der Waals surface area contributed by atoms with Gasteiger partial charge in [0.2, 0.25) is 5.89 Å². The van der Waals surface area contributed by atoms with E-state index in [0.29, 0.717) is 24.6 Å². The van der Waals surface area contributed by atoms with Gasteiger partial charge in [0.25, 0.3) is 0 Å². The maximum Gasteiger partial charge on any atom is 0.244 e. The van der Waals surface area contributed by atoms with Gasteiger partial charge in [-0.2, -0.15) is 4.98 Å². The molecule has 0 saturated heterocycles. The fraction of sp³-hybridized carbons (Fsp3) is 0.231. The summed E-state index contributed by atoms with van der Waals surface area (Å²) in [6.45, 7) is 0. The van der Waals surface area contributed by atoms with Gasteiger partial charge in [-0.3, -0.25) is 0 Å². The molecule has 2 aromatic rings. The smallest absolute Gasteiger partial charge is 0.244 e. The molecule has 1 aromatic heterocycles. The van der Waals surface area contributed by atoms with Crippen LogP contribution in [0, 0.1) is 18.2 Å². The third kappa shape index (κ3) is 2.93. The maximum absolute atomic E-state index is 12.7. The number of hydrogen-bond donors (Lipinski definition) is 1. The lowest BCUT2D eigenvalue weighted by Crippen LogP contribution is -2.09. The van der Waals surface area contributed by atoms with Crippen molar-refractivity contribution in [2.45, 2.75) is 18.9 Å². The Morgan fingerprint density at radius 2 is 2.11 bits per heavy atom. The van der Waals surface area contributed by atoms with E-state index >= 15 is 0 Å². The largest absolute Gasteiger partial charge is 0.338 e. The second-order valence-electron chi connectivity index (χ2n) is 3.87. The van der Waals surface area contributed by atoms with Crippen molar-refractivity contribution >= 4 is 0 Å². The first kappa shape index (κ1) is 12.3. The van der Waals surface area contributed by atoms with Crippen LogP contribution in [0.15, 0.2) is 28.8 Å². The Morgan fingerprint density at radius 3 is 2.78 bits per heavy atom. The molecule has 0 aliphatic heterocycles. The normalized spacial score (nSPS) is 12.1.